The molecule has 0 aromatic carbocycles. The van der Waals surface area contributed by atoms with Gasteiger partial charge < -0.3 is 10.3 Å². The fraction of sp³-hybridized carbons (Fsp3) is 0.667. The first-order valence-electron chi connectivity index (χ1n) is 6.24. The highest BCUT2D eigenvalue weighted by Crippen LogP contribution is 2.12. The zero-order valence-electron chi connectivity index (χ0n) is 10.8. The van der Waals surface area contributed by atoms with Crippen LogP contribution in [-0.4, -0.2) is 40.0 Å². The number of nitrogens with zero attached hydrogens (tertiary/aromatic N) is 1. The van der Waals surface area contributed by atoms with Crippen molar-refractivity contribution in [2.24, 2.45) is 0 Å². The van der Waals surface area contributed by atoms with Crippen LogP contribution >= 0.6 is 11.8 Å². The van der Waals surface area contributed by atoms with E-state index in [-0.39, 0.29) is 18.0 Å². The van der Waals surface area contributed by atoms with Crippen LogP contribution in [0.2, 0.25) is 0 Å². The molecule has 1 amide bonds. The largest absolute Gasteiger partial charge is 0.352 e. The number of thioether (sulfide) groups is 1. The van der Waals surface area contributed by atoms with Crippen LogP contribution in [0.3, 0.4) is 0 Å². The predicted octanol–water partition coefficient (Wildman–Crippen LogP) is 0.682. The zero-order valence-corrected chi connectivity index (χ0v) is 11.6. The topological polar surface area (TPSA) is 69.8 Å². The normalized spacial score (nSPS) is 20.2. The molecular formula is C12H20N4OS. The minimum Gasteiger partial charge on any atom is -0.352 e. The SMILES string of the molecule is CSCCC(C)NC(=O)C1Cc2nc[nH]c2CN1. The lowest BCUT2D eigenvalue weighted by atomic mass is 10.0. The van der Waals surface area contributed by atoms with Crippen molar-refractivity contribution in [1.29, 1.82) is 0 Å². The summed E-state index contributed by atoms with van der Waals surface area (Å²) in [6, 6.07) is 0.0739. The van der Waals surface area contributed by atoms with Gasteiger partial charge >= 0.3 is 0 Å². The molecular weight excluding hydrogens is 248 g/mol. The minimum absolute atomic E-state index is 0.0808. The molecule has 2 heterocycles. The highest BCUT2D eigenvalue weighted by atomic mass is 32.2. The summed E-state index contributed by atoms with van der Waals surface area (Å²) in [5.41, 5.74) is 2.10. The van der Waals surface area contributed by atoms with Crippen LogP contribution in [0, 0.1) is 0 Å². The van der Waals surface area contributed by atoms with Gasteiger partial charge in [-0.15, -0.1) is 0 Å². The summed E-state index contributed by atoms with van der Waals surface area (Å²) in [4.78, 5) is 19.4. The second-order valence-electron chi connectivity index (χ2n) is 4.66. The molecule has 2 unspecified atom stereocenters. The van der Waals surface area contributed by atoms with Gasteiger partial charge in [-0.3, -0.25) is 10.1 Å². The summed E-state index contributed by atoms with van der Waals surface area (Å²) in [6.07, 6.45) is 5.44. The van der Waals surface area contributed by atoms with Crippen LogP contribution in [0.4, 0.5) is 0 Å². The average molecular weight is 268 g/mol. The van der Waals surface area contributed by atoms with Crippen molar-refractivity contribution in [3.8, 4) is 0 Å². The van der Waals surface area contributed by atoms with Crippen LogP contribution in [0.15, 0.2) is 6.33 Å². The molecule has 0 spiro atoms. The van der Waals surface area contributed by atoms with Gasteiger partial charge in [-0.05, 0) is 25.4 Å². The Balaban J connectivity index is 1.84. The number of carbonyl (C=O) groups excluding carboxylic acids is 1. The van der Waals surface area contributed by atoms with Gasteiger partial charge in [0.1, 0.15) is 0 Å². The Bertz CT molecular complexity index is 407. The molecule has 0 saturated carbocycles. The van der Waals surface area contributed by atoms with Gasteiger partial charge in [0.2, 0.25) is 5.91 Å². The monoisotopic (exact) mass is 268 g/mol. The fourth-order valence-corrected chi connectivity index (χ4v) is 2.65. The second kappa shape index (κ2) is 6.24. The van der Waals surface area contributed by atoms with Crippen molar-refractivity contribution < 1.29 is 4.79 Å². The summed E-state index contributed by atoms with van der Waals surface area (Å²) < 4.78 is 0. The summed E-state index contributed by atoms with van der Waals surface area (Å²) >= 11 is 1.80. The van der Waals surface area contributed by atoms with Crippen molar-refractivity contribution in [2.45, 2.75) is 38.4 Å². The van der Waals surface area contributed by atoms with E-state index in [1.54, 1.807) is 18.1 Å². The standard InChI is InChI=1S/C12H20N4OS/c1-8(3-4-18-2)16-12(17)10-5-9-11(6-13-10)15-7-14-9/h7-8,10,13H,3-6H2,1-2H3,(H,14,15)(H,16,17). The van der Waals surface area contributed by atoms with Crippen LogP contribution in [0.5, 0.6) is 0 Å². The third kappa shape index (κ3) is 3.26. The van der Waals surface area contributed by atoms with Gasteiger partial charge in [0, 0.05) is 19.0 Å². The number of aromatic amines is 1. The van der Waals surface area contributed by atoms with Crippen molar-refractivity contribution >= 4 is 17.7 Å². The summed E-state index contributed by atoms with van der Waals surface area (Å²) in [7, 11) is 0. The van der Waals surface area contributed by atoms with Gasteiger partial charge in [-0.1, -0.05) is 0 Å². The molecule has 0 saturated heterocycles. The maximum absolute atomic E-state index is 12.1. The third-order valence-electron chi connectivity index (χ3n) is 3.19. The van der Waals surface area contributed by atoms with Crippen LogP contribution in [-0.2, 0) is 17.8 Å². The highest BCUT2D eigenvalue weighted by Gasteiger charge is 2.26. The van der Waals surface area contributed by atoms with Gasteiger partial charge in [-0.25, -0.2) is 4.98 Å². The molecule has 5 nitrogen and oxygen atoms in total. The fourth-order valence-electron chi connectivity index (χ4n) is 2.06. The van der Waals surface area contributed by atoms with Crippen LogP contribution in [0.1, 0.15) is 24.7 Å². The van der Waals surface area contributed by atoms with E-state index in [0.717, 1.165) is 23.6 Å². The quantitative estimate of drug-likeness (QED) is 0.734. The van der Waals surface area contributed by atoms with E-state index in [4.69, 9.17) is 0 Å². The van der Waals surface area contributed by atoms with E-state index in [2.05, 4.69) is 33.8 Å². The maximum atomic E-state index is 12.1. The van der Waals surface area contributed by atoms with E-state index < -0.39 is 0 Å². The highest BCUT2D eigenvalue weighted by molar-refractivity contribution is 7.98. The number of fused-ring (bicyclic) bond motifs is 1. The molecule has 1 aromatic rings. The Labute approximate surface area is 112 Å². The molecule has 2 atom stereocenters. The Morgan fingerprint density at radius 2 is 2.56 bits per heavy atom. The Hall–Kier alpha value is -1.01. The minimum atomic E-state index is -0.155. The molecule has 6 heteroatoms. The number of aromatic nitrogens is 2. The van der Waals surface area contributed by atoms with Crippen molar-refractivity contribution in [3.05, 3.63) is 17.7 Å². The van der Waals surface area contributed by atoms with E-state index in [1.807, 2.05) is 0 Å². The molecule has 1 aromatic heterocycles. The second-order valence-corrected chi connectivity index (χ2v) is 5.64. The molecule has 1 aliphatic heterocycles. The molecule has 2 rings (SSSR count). The molecule has 18 heavy (non-hydrogen) atoms. The third-order valence-corrected chi connectivity index (χ3v) is 3.83. The predicted molar refractivity (Wildman–Crippen MR) is 73.5 cm³/mol. The van der Waals surface area contributed by atoms with Gasteiger partial charge in [0.25, 0.3) is 0 Å². The summed E-state index contributed by atoms with van der Waals surface area (Å²) in [5, 5.41) is 6.29. The Kier molecular flexibility index (Phi) is 4.66. The van der Waals surface area contributed by atoms with E-state index in [1.165, 1.54) is 0 Å². The zero-order chi connectivity index (χ0) is 13.0. The summed E-state index contributed by atoms with van der Waals surface area (Å²) in [5.74, 6) is 1.15. The van der Waals surface area contributed by atoms with E-state index in [0.29, 0.717) is 13.0 Å². The lowest BCUT2D eigenvalue weighted by Gasteiger charge is -2.24. The molecule has 1 aliphatic rings. The lowest BCUT2D eigenvalue weighted by molar-refractivity contribution is -0.124. The first-order valence-corrected chi connectivity index (χ1v) is 7.64. The summed E-state index contributed by atoms with van der Waals surface area (Å²) in [6.45, 7) is 2.74. The molecule has 3 N–H and O–H groups in total. The maximum Gasteiger partial charge on any atom is 0.237 e. The van der Waals surface area contributed by atoms with Crippen LogP contribution in [0.25, 0.3) is 0 Å². The molecule has 0 aliphatic carbocycles. The number of hydrogen-bond acceptors (Lipinski definition) is 4. The smallest absolute Gasteiger partial charge is 0.237 e. The number of imidazole rings is 1. The first-order chi connectivity index (χ1) is 8.70. The van der Waals surface area contributed by atoms with Crippen molar-refractivity contribution in [1.82, 2.24) is 20.6 Å². The number of rotatable bonds is 5. The number of H-pyrrole nitrogens is 1. The molecule has 0 bridgehead atoms. The lowest BCUT2D eigenvalue weighted by Crippen LogP contribution is -2.50. The van der Waals surface area contributed by atoms with Gasteiger partial charge in [0.15, 0.2) is 0 Å². The van der Waals surface area contributed by atoms with Crippen molar-refractivity contribution in [3.63, 3.8) is 0 Å². The number of amides is 1. The van der Waals surface area contributed by atoms with Gasteiger partial charge in [0.05, 0.1) is 23.8 Å². The number of carbonyl (C=O) groups is 1. The van der Waals surface area contributed by atoms with Crippen LogP contribution < -0.4 is 10.6 Å². The van der Waals surface area contributed by atoms with E-state index in [9.17, 15) is 4.79 Å². The first kappa shape index (κ1) is 13.4. The molecule has 100 valence electrons. The molecule has 0 radical (unpaired) electrons. The number of nitrogens with one attached hydrogen (secondary N) is 3. The number of hydrogen-bond donors (Lipinski definition) is 3. The van der Waals surface area contributed by atoms with Crippen molar-refractivity contribution in [2.75, 3.05) is 12.0 Å². The Morgan fingerprint density at radius 1 is 1.72 bits per heavy atom. The average Bonchev–Trinajstić information content (AvgIpc) is 2.83. The van der Waals surface area contributed by atoms with Gasteiger partial charge in [-0.2, -0.15) is 11.8 Å². The van der Waals surface area contributed by atoms with E-state index >= 15 is 0 Å². The Morgan fingerprint density at radius 3 is 3.33 bits per heavy atom. The molecule has 0 fully saturated rings.